The predicted molar refractivity (Wildman–Crippen MR) is 115 cm³/mol. The van der Waals surface area contributed by atoms with Gasteiger partial charge in [-0.3, -0.25) is 14.4 Å². The van der Waals surface area contributed by atoms with Gasteiger partial charge in [-0.05, 0) is 36.6 Å². The Hall–Kier alpha value is -3.35. The maximum absolute atomic E-state index is 13.1. The lowest BCUT2D eigenvalue weighted by Crippen LogP contribution is -2.59. The van der Waals surface area contributed by atoms with Crippen LogP contribution < -0.4 is 4.74 Å². The van der Waals surface area contributed by atoms with Gasteiger partial charge in [-0.25, -0.2) is 0 Å². The molecule has 2 saturated heterocycles. The number of ether oxygens (including phenoxy) is 1. The minimum absolute atomic E-state index is 0.0474. The largest absolute Gasteiger partial charge is 0.484 e. The van der Waals surface area contributed by atoms with Crippen molar-refractivity contribution >= 4 is 17.7 Å². The van der Waals surface area contributed by atoms with E-state index in [1.165, 1.54) is 0 Å². The first-order valence-corrected chi connectivity index (χ1v) is 10.6. The summed E-state index contributed by atoms with van der Waals surface area (Å²) in [7, 11) is 0. The van der Waals surface area contributed by atoms with Crippen molar-refractivity contribution in [1.82, 2.24) is 14.7 Å². The first kappa shape index (κ1) is 20.9. The molecule has 0 radical (unpaired) electrons. The van der Waals surface area contributed by atoms with Gasteiger partial charge in [0.25, 0.3) is 5.91 Å². The van der Waals surface area contributed by atoms with Crippen LogP contribution in [0, 0.1) is 6.92 Å². The molecule has 0 spiro atoms. The van der Waals surface area contributed by atoms with Crippen LogP contribution in [-0.2, 0) is 20.9 Å². The molecule has 0 saturated carbocycles. The standard InChI is InChI=1S/C24H27N3O4/c1-18-6-5-9-20(14-18)31-17-23(29)25-11-10-21-24(30)26(15-19-7-3-2-4-8-19)16-22(28)27(21)13-12-25/h2-9,14,21H,10-13,15-17H2,1H3. The van der Waals surface area contributed by atoms with Crippen molar-refractivity contribution in [3.05, 3.63) is 65.7 Å². The van der Waals surface area contributed by atoms with Crippen LogP contribution >= 0.6 is 0 Å². The van der Waals surface area contributed by atoms with Gasteiger partial charge in [0, 0.05) is 26.2 Å². The Morgan fingerprint density at radius 2 is 1.84 bits per heavy atom. The Bertz CT molecular complexity index is 962. The number of nitrogens with zero attached hydrogens (tertiary/aromatic N) is 3. The molecule has 2 aromatic rings. The van der Waals surface area contributed by atoms with E-state index in [1.54, 1.807) is 14.7 Å². The van der Waals surface area contributed by atoms with E-state index in [2.05, 4.69) is 0 Å². The molecule has 0 bridgehead atoms. The summed E-state index contributed by atoms with van der Waals surface area (Å²) >= 11 is 0. The van der Waals surface area contributed by atoms with E-state index in [9.17, 15) is 14.4 Å². The highest BCUT2D eigenvalue weighted by Gasteiger charge is 2.41. The van der Waals surface area contributed by atoms with Crippen LogP contribution in [0.25, 0.3) is 0 Å². The smallest absolute Gasteiger partial charge is 0.260 e. The van der Waals surface area contributed by atoms with Gasteiger partial charge in [-0.2, -0.15) is 0 Å². The normalized spacial score (nSPS) is 19.1. The van der Waals surface area contributed by atoms with E-state index in [4.69, 9.17) is 4.74 Å². The summed E-state index contributed by atoms with van der Waals surface area (Å²) < 4.78 is 5.64. The predicted octanol–water partition coefficient (Wildman–Crippen LogP) is 1.85. The molecule has 31 heavy (non-hydrogen) atoms. The van der Waals surface area contributed by atoms with E-state index >= 15 is 0 Å². The molecule has 0 aromatic heterocycles. The molecule has 1 unspecified atom stereocenters. The average Bonchev–Trinajstić information content (AvgIpc) is 3.00. The van der Waals surface area contributed by atoms with E-state index in [1.807, 2.05) is 61.5 Å². The highest BCUT2D eigenvalue weighted by molar-refractivity contribution is 5.95. The van der Waals surface area contributed by atoms with E-state index < -0.39 is 6.04 Å². The number of aryl methyl sites for hydroxylation is 1. The number of carbonyl (C=O) groups is 3. The molecule has 7 nitrogen and oxygen atoms in total. The topological polar surface area (TPSA) is 70.2 Å². The molecule has 162 valence electrons. The zero-order valence-corrected chi connectivity index (χ0v) is 17.7. The average molecular weight is 421 g/mol. The van der Waals surface area contributed by atoms with Gasteiger partial charge in [-0.15, -0.1) is 0 Å². The number of fused-ring (bicyclic) bond motifs is 1. The fraction of sp³-hybridized carbons (Fsp3) is 0.375. The van der Waals surface area contributed by atoms with Crippen molar-refractivity contribution in [3.63, 3.8) is 0 Å². The molecule has 2 heterocycles. The van der Waals surface area contributed by atoms with Crippen LogP contribution in [-0.4, -0.2) is 71.2 Å². The molecule has 2 aliphatic heterocycles. The number of piperazine rings is 1. The van der Waals surface area contributed by atoms with Gasteiger partial charge in [0.2, 0.25) is 11.8 Å². The summed E-state index contributed by atoms with van der Waals surface area (Å²) in [5.41, 5.74) is 2.06. The van der Waals surface area contributed by atoms with Crippen molar-refractivity contribution in [2.75, 3.05) is 32.8 Å². The number of benzene rings is 2. The molecule has 2 fully saturated rings. The molecule has 0 aliphatic carbocycles. The Kier molecular flexibility index (Phi) is 6.21. The van der Waals surface area contributed by atoms with Gasteiger partial charge in [0.15, 0.2) is 6.61 Å². The first-order chi connectivity index (χ1) is 15.0. The fourth-order valence-electron chi connectivity index (χ4n) is 4.16. The van der Waals surface area contributed by atoms with Gasteiger partial charge in [-0.1, -0.05) is 42.5 Å². The van der Waals surface area contributed by atoms with Crippen LogP contribution in [0.5, 0.6) is 5.75 Å². The van der Waals surface area contributed by atoms with Crippen LogP contribution in [0.15, 0.2) is 54.6 Å². The Balaban J connectivity index is 1.37. The maximum atomic E-state index is 13.1. The van der Waals surface area contributed by atoms with Crippen LogP contribution in [0.2, 0.25) is 0 Å². The van der Waals surface area contributed by atoms with E-state index in [0.717, 1.165) is 11.1 Å². The van der Waals surface area contributed by atoms with Gasteiger partial charge < -0.3 is 19.4 Å². The zero-order chi connectivity index (χ0) is 21.8. The molecule has 7 heteroatoms. The Morgan fingerprint density at radius 1 is 1.03 bits per heavy atom. The van der Waals surface area contributed by atoms with Crippen LogP contribution in [0.4, 0.5) is 0 Å². The van der Waals surface area contributed by atoms with Gasteiger partial charge in [0.05, 0.1) is 0 Å². The quantitative estimate of drug-likeness (QED) is 0.739. The monoisotopic (exact) mass is 421 g/mol. The Labute approximate surface area is 182 Å². The number of amides is 3. The van der Waals surface area contributed by atoms with E-state index in [0.29, 0.717) is 38.3 Å². The summed E-state index contributed by atoms with van der Waals surface area (Å²) in [5.74, 6) is 0.407. The summed E-state index contributed by atoms with van der Waals surface area (Å²) in [4.78, 5) is 43.5. The molecule has 3 amide bonds. The minimum Gasteiger partial charge on any atom is -0.484 e. The molecule has 2 aliphatic rings. The maximum Gasteiger partial charge on any atom is 0.260 e. The second kappa shape index (κ2) is 9.20. The molecular formula is C24H27N3O4. The number of rotatable bonds is 5. The summed E-state index contributed by atoms with van der Waals surface area (Å²) in [5, 5.41) is 0. The lowest BCUT2D eigenvalue weighted by molar-refractivity contribution is -0.156. The summed E-state index contributed by atoms with van der Waals surface area (Å²) in [6, 6.07) is 16.7. The molecule has 1 atom stereocenters. The molecular weight excluding hydrogens is 394 g/mol. The van der Waals surface area contributed by atoms with Crippen molar-refractivity contribution in [2.24, 2.45) is 0 Å². The lowest BCUT2D eigenvalue weighted by Gasteiger charge is -2.39. The van der Waals surface area contributed by atoms with Crippen molar-refractivity contribution < 1.29 is 19.1 Å². The third-order valence-electron chi connectivity index (χ3n) is 5.82. The number of hydrogen-bond acceptors (Lipinski definition) is 4. The van der Waals surface area contributed by atoms with Crippen molar-refractivity contribution in [3.8, 4) is 5.75 Å². The Morgan fingerprint density at radius 3 is 2.61 bits per heavy atom. The number of carbonyl (C=O) groups excluding carboxylic acids is 3. The molecule has 4 rings (SSSR count). The number of hydrogen-bond donors (Lipinski definition) is 0. The SMILES string of the molecule is Cc1cccc(OCC(=O)N2CCC3C(=O)N(Cc4ccccc4)CC(=O)N3CC2)c1. The molecule has 0 N–H and O–H groups in total. The van der Waals surface area contributed by atoms with Crippen LogP contribution in [0.3, 0.4) is 0 Å². The summed E-state index contributed by atoms with van der Waals surface area (Å²) in [6.07, 6.45) is 0.437. The highest BCUT2D eigenvalue weighted by Crippen LogP contribution is 2.21. The van der Waals surface area contributed by atoms with Gasteiger partial charge >= 0.3 is 0 Å². The highest BCUT2D eigenvalue weighted by atomic mass is 16.5. The lowest BCUT2D eigenvalue weighted by atomic mass is 10.1. The first-order valence-electron chi connectivity index (χ1n) is 10.6. The van der Waals surface area contributed by atoms with Crippen molar-refractivity contribution in [1.29, 1.82) is 0 Å². The van der Waals surface area contributed by atoms with Gasteiger partial charge in [0.1, 0.15) is 18.3 Å². The second-order valence-corrected chi connectivity index (χ2v) is 8.06. The second-order valence-electron chi connectivity index (χ2n) is 8.06. The van der Waals surface area contributed by atoms with Crippen LogP contribution in [0.1, 0.15) is 17.5 Å². The fourth-order valence-corrected chi connectivity index (χ4v) is 4.16. The zero-order valence-electron chi connectivity index (χ0n) is 17.7. The third kappa shape index (κ3) is 4.87. The van der Waals surface area contributed by atoms with Crippen molar-refractivity contribution in [2.45, 2.75) is 25.9 Å². The summed E-state index contributed by atoms with van der Waals surface area (Å²) in [6.45, 7) is 3.60. The third-order valence-corrected chi connectivity index (χ3v) is 5.82. The molecule has 2 aromatic carbocycles. The minimum atomic E-state index is -0.513. The van der Waals surface area contributed by atoms with E-state index in [-0.39, 0.29) is 30.9 Å².